The molecule has 28 heavy (non-hydrogen) atoms. The molecular weight excluding hydrogens is 367 g/mol. The van der Waals surface area contributed by atoms with Gasteiger partial charge in [0, 0.05) is 11.6 Å². The van der Waals surface area contributed by atoms with Crippen molar-refractivity contribution >= 4 is 17.4 Å². The highest BCUT2D eigenvalue weighted by molar-refractivity contribution is 6.01. The number of hydrogen-bond donors (Lipinski definition) is 1. The fraction of sp³-hybridized carbons (Fsp3) is 0.333. The fourth-order valence-corrected chi connectivity index (χ4v) is 3.39. The number of fused-ring (bicyclic) bond motifs is 1. The lowest BCUT2D eigenvalue weighted by molar-refractivity contribution is -0.0474. The molecule has 2 aromatic carbocycles. The maximum absolute atomic E-state index is 13.8. The van der Waals surface area contributed by atoms with Gasteiger partial charge in [-0.05, 0) is 42.7 Å². The molecular formula is C21H20F3N3O. The minimum absolute atomic E-state index is 0.0878. The summed E-state index contributed by atoms with van der Waals surface area (Å²) in [6.07, 6.45) is 0.669. The van der Waals surface area contributed by atoms with Crippen molar-refractivity contribution in [1.29, 1.82) is 0 Å². The van der Waals surface area contributed by atoms with E-state index in [2.05, 4.69) is 15.3 Å². The summed E-state index contributed by atoms with van der Waals surface area (Å²) < 4.78 is 45.1. The van der Waals surface area contributed by atoms with Crippen molar-refractivity contribution in [3.05, 3.63) is 65.0 Å². The number of amidine groups is 1. The van der Waals surface area contributed by atoms with Gasteiger partial charge in [-0.25, -0.2) is 18.2 Å². The van der Waals surface area contributed by atoms with Crippen LogP contribution in [-0.4, -0.2) is 37.4 Å². The summed E-state index contributed by atoms with van der Waals surface area (Å²) in [5, 5.41) is 2.95. The lowest BCUT2D eigenvalue weighted by atomic mass is 9.89. The first kappa shape index (κ1) is 18.5. The molecule has 0 aromatic heterocycles. The molecule has 7 heteroatoms. The van der Waals surface area contributed by atoms with E-state index in [1.807, 2.05) is 31.2 Å². The van der Waals surface area contributed by atoms with Gasteiger partial charge in [-0.3, -0.25) is 4.99 Å². The van der Waals surface area contributed by atoms with Crippen molar-refractivity contribution in [3.8, 4) is 0 Å². The van der Waals surface area contributed by atoms with E-state index in [1.165, 1.54) is 17.7 Å². The third kappa shape index (κ3) is 4.03. The zero-order valence-electron chi connectivity index (χ0n) is 15.4. The number of alkyl halides is 2. The summed E-state index contributed by atoms with van der Waals surface area (Å²) in [4.78, 5) is 8.37. The monoisotopic (exact) mass is 387 g/mol. The van der Waals surface area contributed by atoms with Gasteiger partial charge in [0.05, 0.1) is 12.2 Å². The highest BCUT2D eigenvalue weighted by Crippen LogP contribution is 2.38. The van der Waals surface area contributed by atoms with Crippen LogP contribution in [-0.2, 0) is 11.2 Å². The Bertz CT molecular complexity index is 938. The minimum atomic E-state index is -2.93. The number of nitrogens with zero attached hydrogens (tertiary/aromatic N) is 2. The molecule has 0 bridgehead atoms. The summed E-state index contributed by atoms with van der Waals surface area (Å²) in [6, 6.07) is 12.8. The average molecular weight is 387 g/mol. The molecule has 4 rings (SSSR count). The number of rotatable bonds is 4. The van der Waals surface area contributed by atoms with Gasteiger partial charge in [0.2, 0.25) is 0 Å². The van der Waals surface area contributed by atoms with Crippen LogP contribution in [0.1, 0.15) is 22.6 Å². The first-order valence-electron chi connectivity index (χ1n) is 9.11. The molecule has 2 aliphatic heterocycles. The third-order valence-corrected chi connectivity index (χ3v) is 4.89. The van der Waals surface area contributed by atoms with Crippen molar-refractivity contribution < 1.29 is 17.9 Å². The molecule has 0 radical (unpaired) electrons. The summed E-state index contributed by atoms with van der Waals surface area (Å²) in [7, 11) is 0. The van der Waals surface area contributed by atoms with Crippen LogP contribution >= 0.6 is 0 Å². The minimum Gasteiger partial charge on any atom is -0.459 e. The Kier molecular flexibility index (Phi) is 4.83. The zero-order valence-corrected chi connectivity index (χ0v) is 15.4. The van der Waals surface area contributed by atoms with Crippen molar-refractivity contribution in [1.82, 2.24) is 5.32 Å². The Balaban J connectivity index is 1.53. The summed E-state index contributed by atoms with van der Waals surface area (Å²) in [5.41, 5.74) is 4.64. The average Bonchev–Trinajstić information content (AvgIpc) is 2.99. The number of ether oxygens (including phenoxy) is 1. The Morgan fingerprint density at radius 1 is 1.18 bits per heavy atom. The van der Waals surface area contributed by atoms with Crippen molar-refractivity contribution in [2.45, 2.75) is 25.2 Å². The molecule has 4 nitrogen and oxygen atoms in total. The predicted molar refractivity (Wildman–Crippen MR) is 102 cm³/mol. The molecule has 0 unspecified atom stereocenters. The SMILES string of the molecule is Cc1ccc(C[C@H]2C(CNC3=NCC(F)(F)CO3)=Nc3ccc(F)cc32)cc1. The smallest absolute Gasteiger partial charge is 0.300 e. The van der Waals surface area contributed by atoms with E-state index in [0.717, 1.165) is 22.5 Å². The lowest BCUT2D eigenvalue weighted by Crippen LogP contribution is -2.41. The van der Waals surface area contributed by atoms with Crippen LogP contribution in [0, 0.1) is 12.7 Å². The second kappa shape index (κ2) is 7.30. The highest BCUT2D eigenvalue weighted by atomic mass is 19.3. The fourth-order valence-electron chi connectivity index (χ4n) is 3.39. The van der Waals surface area contributed by atoms with E-state index in [4.69, 9.17) is 4.74 Å². The van der Waals surface area contributed by atoms with E-state index in [-0.39, 0.29) is 24.3 Å². The summed E-state index contributed by atoms with van der Waals surface area (Å²) in [6.45, 7) is 1.02. The second-order valence-electron chi connectivity index (χ2n) is 7.17. The Morgan fingerprint density at radius 3 is 2.68 bits per heavy atom. The van der Waals surface area contributed by atoms with Gasteiger partial charge in [0.15, 0.2) is 6.61 Å². The van der Waals surface area contributed by atoms with Crippen molar-refractivity contribution in [2.24, 2.45) is 9.98 Å². The van der Waals surface area contributed by atoms with E-state index in [0.29, 0.717) is 6.42 Å². The van der Waals surface area contributed by atoms with E-state index in [1.54, 1.807) is 6.07 Å². The first-order chi connectivity index (χ1) is 13.4. The van der Waals surface area contributed by atoms with Crippen LogP contribution in [0.5, 0.6) is 0 Å². The standard InChI is InChI=1S/C21H20F3N3O/c1-13-2-4-14(5-3-13)8-16-17-9-15(22)6-7-18(17)27-19(16)10-25-20-26-11-21(23,24)12-28-20/h2-7,9,16H,8,10-12H2,1H3,(H,25,26)/t16-/m1/s1. The van der Waals surface area contributed by atoms with Gasteiger partial charge >= 0.3 is 5.92 Å². The van der Waals surface area contributed by atoms with E-state index in [9.17, 15) is 13.2 Å². The molecule has 0 spiro atoms. The van der Waals surface area contributed by atoms with Crippen LogP contribution in [0.3, 0.4) is 0 Å². The lowest BCUT2D eigenvalue weighted by Gasteiger charge is -2.22. The molecule has 0 amide bonds. The van der Waals surface area contributed by atoms with Crippen LogP contribution < -0.4 is 5.32 Å². The molecule has 0 aliphatic carbocycles. The molecule has 146 valence electrons. The van der Waals surface area contributed by atoms with Crippen LogP contribution in [0.4, 0.5) is 18.9 Å². The van der Waals surface area contributed by atoms with Gasteiger partial charge in [-0.1, -0.05) is 29.8 Å². The third-order valence-electron chi connectivity index (χ3n) is 4.89. The van der Waals surface area contributed by atoms with Crippen LogP contribution in [0.2, 0.25) is 0 Å². The van der Waals surface area contributed by atoms with Gasteiger partial charge in [0.25, 0.3) is 6.02 Å². The second-order valence-corrected chi connectivity index (χ2v) is 7.17. The maximum Gasteiger partial charge on any atom is 0.300 e. The topological polar surface area (TPSA) is 46.0 Å². The number of nitrogens with one attached hydrogen (secondary N) is 1. The van der Waals surface area contributed by atoms with Crippen molar-refractivity contribution in [3.63, 3.8) is 0 Å². The van der Waals surface area contributed by atoms with Crippen LogP contribution in [0.25, 0.3) is 0 Å². The molecule has 0 fully saturated rings. The summed E-state index contributed by atoms with van der Waals surface area (Å²) >= 11 is 0. The van der Waals surface area contributed by atoms with Crippen molar-refractivity contribution in [2.75, 3.05) is 19.7 Å². The molecule has 0 saturated carbocycles. The predicted octanol–water partition coefficient (Wildman–Crippen LogP) is 4.16. The molecule has 0 saturated heterocycles. The number of benzene rings is 2. The number of aryl methyl sites for hydroxylation is 1. The first-order valence-corrected chi connectivity index (χ1v) is 9.11. The van der Waals surface area contributed by atoms with Gasteiger partial charge < -0.3 is 10.1 Å². The van der Waals surface area contributed by atoms with E-state index >= 15 is 0 Å². The number of halogens is 3. The maximum atomic E-state index is 13.8. The normalized spacial score (nSPS) is 20.1. The molecule has 1 atom stereocenters. The van der Waals surface area contributed by atoms with Gasteiger partial charge in [-0.15, -0.1) is 0 Å². The molecule has 2 heterocycles. The Labute approximate surface area is 161 Å². The Morgan fingerprint density at radius 2 is 1.96 bits per heavy atom. The van der Waals surface area contributed by atoms with Gasteiger partial charge in [0.1, 0.15) is 12.4 Å². The van der Waals surface area contributed by atoms with Crippen LogP contribution in [0.15, 0.2) is 52.4 Å². The quantitative estimate of drug-likeness (QED) is 0.856. The highest BCUT2D eigenvalue weighted by Gasteiger charge is 2.34. The number of hydrogen-bond acceptors (Lipinski definition) is 4. The zero-order chi connectivity index (χ0) is 19.7. The molecule has 2 aliphatic rings. The van der Waals surface area contributed by atoms with E-state index < -0.39 is 19.1 Å². The molecule has 1 N–H and O–H groups in total. The largest absolute Gasteiger partial charge is 0.459 e. The number of aliphatic imine (C=N–C) groups is 2. The van der Waals surface area contributed by atoms with Gasteiger partial charge in [-0.2, -0.15) is 0 Å². The Hall–Kier alpha value is -2.83. The summed E-state index contributed by atoms with van der Waals surface area (Å²) in [5.74, 6) is -3.34. The molecule has 2 aromatic rings.